The van der Waals surface area contributed by atoms with Gasteiger partial charge in [0.05, 0.1) is 16.8 Å². The Balaban J connectivity index is 1.36. The number of thiophene rings is 1. The molecule has 0 radical (unpaired) electrons. The van der Waals surface area contributed by atoms with Crippen LogP contribution in [0.4, 0.5) is 11.5 Å². The third kappa shape index (κ3) is 4.09. The van der Waals surface area contributed by atoms with Crippen molar-refractivity contribution in [2.75, 3.05) is 23.3 Å². The van der Waals surface area contributed by atoms with Gasteiger partial charge in [0.2, 0.25) is 5.91 Å². The number of carbonyl (C=O) groups excluding carboxylic acids is 1. The number of aromatic amines is 1. The molecule has 3 aromatic rings. The van der Waals surface area contributed by atoms with Crippen LogP contribution in [0.25, 0.3) is 10.7 Å². The number of carbonyl (C=O) groups is 1. The first-order valence-corrected chi connectivity index (χ1v) is 10.2. The van der Waals surface area contributed by atoms with E-state index in [9.17, 15) is 4.79 Å². The maximum Gasteiger partial charge on any atom is 0.226 e. The Morgan fingerprint density at radius 1 is 1.30 bits per heavy atom. The molecule has 0 atom stereocenters. The predicted molar refractivity (Wildman–Crippen MR) is 110 cm³/mol. The Hall–Kier alpha value is -2.52. The van der Waals surface area contributed by atoms with Gasteiger partial charge in [0.25, 0.3) is 0 Å². The van der Waals surface area contributed by atoms with Crippen molar-refractivity contribution >= 4 is 41.0 Å². The maximum absolute atomic E-state index is 12.3. The Labute approximate surface area is 166 Å². The van der Waals surface area contributed by atoms with E-state index in [0.29, 0.717) is 23.4 Å². The lowest BCUT2D eigenvalue weighted by Crippen LogP contribution is -2.19. The topological polar surface area (TPSA) is 78.8 Å². The highest BCUT2D eigenvalue weighted by molar-refractivity contribution is 7.71. The minimum atomic E-state index is -0.0778. The molecular weight excluding hydrogens is 380 g/mol. The molecule has 4 heterocycles. The van der Waals surface area contributed by atoms with Crippen molar-refractivity contribution in [3.05, 3.63) is 40.6 Å². The van der Waals surface area contributed by atoms with Crippen LogP contribution in [0, 0.1) is 4.77 Å². The molecule has 0 spiro atoms. The molecule has 0 aliphatic carbocycles. The second kappa shape index (κ2) is 8.01. The van der Waals surface area contributed by atoms with E-state index < -0.39 is 0 Å². The molecule has 2 N–H and O–H groups in total. The number of hydrogen-bond donors (Lipinski definition) is 2. The average Bonchev–Trinajstić information content (AvgIpc) is 3.43. The summed E-state index contributed by atoms with van der Waals surface area (Å²) >= 11 is 6.89. The first-order chi connectivity index (χ1) is 13.2. The maximum atomic E-state index is 12.3. The molecule has 0 aromatic carbocycles. The minimum Gasteiger partial charge on any atom is -0.357 e. The monoisotopic (exact) mass is 400 g/mol. The highest BCUT2D eigenvalue weighted by atomic mass is 32.1. The van der Waals surface area contributed by atoms with Crippen molar-refractivity contribution in [3.8, 4) is 10.7 Å². The standard InChI is InChI=1S/C18H20N6OS2/c25-16(20-13-5-6-15(19-12-13)23-8-1-2-9-23)7-10-24-17(21-22-18(24)26)14-4-3-11-27-14/h3-6,11-12H,1-2,7-10H2,(H,20,25)(H,22,26). The van der Waals surface area contributed by atoms with Crippen molar-refractivity contribution in [1.29, 1.82) is 0 Å². The smallest absolute Gasteiger partial charge is 0.226 e. The van der Waals surface area contributed by atoms with E-state index in [1.165, 1.54) is 12.8 Å². The molecule has 9 heteroatoms. The minimum absolute atomic E-state index is 0.0778. The van der Waals surface area contributed by atoms with Gasteiger partial charge >= 0.3 is 0 Å². The first-order valence-electron chi connectivity index (χ1n) is 8.90. The van der Waals surface area contributed by atoms with E-state index in [4.69, 9.17) is 12.2 Å². The molecule has 0 saturated carbocycles. The van der Waals surface area contributed by atoms with E-state index in [1.54, 1.807) is 17.5 Å². The molecule has 1 fully saturated rings. The summed E-state index contributed by atoms with van der Waals surface area (Å²) in [6, 6.07) is 7.81. The number of H-pyrrole nitrogens is 1. The van der Waals surface area contributed by atoms with Gasteiger partial charge < -0.3 is 10.2 Å². The first kappa shape index (κ1) is 17.9. The summed E-state index contributed by atoms with van der Waals surface area (Å²) < 4.78 is 2.37. The summed E-state index contributed by atoms with van der Waals surface area (Å²) in [5, 5.41) is 12.0. The number of anilines is 2. The summed E-state index contributed by atoms with van der Waals surface area (Å²) in [6.45, 7) is 2.57. The van der Waals surface area contributed by atoms with Gasteiger partial charge in [0.15, 0.2) is 10.6 Å². The Morgan fingerprint density at radius 3 is 2.85 bits per heavy atom. The zero-order chi connectivity index (χ0) is 18.6. The normalized spacial score (nSPS) is 13.9. The second-order valence-electron chi connectivity index (χ2n) is 6.38. The molecule has 1 saturated heterocycles. The number of rotatable bonds is 6. The van der Waals surface area contributed by atoms with Crippen LogP contribution in [-0.2, 0) is 11.3 Å². The van der Waals surface area contributed by atoms with Crippen LogP contribution in [0.1, 0.15) is 19.3 Å². The van der Waals surface area contributed by atoms with Crippen LogP contribution in [0.3, 0.4) is 0 Å². The Kier molecular flexibility index (Phi) is 5.30. The van der Waals surface area contributed by atoms with Crippen LogP contribution in [0.2, 0.25) is 0 Å². The summed E-state index contributed by atoms with van der Waals surface area (Å²) in [7, 11) is 0. The fourth-order valence-electron chi connectivity index (χ4n) is 3.15. The van der Waals surface area contributed by atoms with Gasteiger partial charge in [0.1, 0.15) is 5.82 Å². The zero-order valence-electron chi connectivity index (χ0n) is 14.7. The fourth-order valence-corrected chi connectivity index (χ4v) is 4.09. The highest BCUT2D eigenvalue weighted by Gasteiger charge is 2.14. The zero-order valence-corrected chi connectivity index (χ0v) is 16.4. The Morgan fingerprint density at radius 2 is 2.15 bits per heavy atom. The number of nitrogens with zero attached hydrogens (tertiary/aromatic N) is 4. The molecule has 7 nitrogen and oxygen atoms in total. The van der Waals surface area contributed by atoms with Gasteiger partial charge in [-0.05, 0) is 48.6 Å². The van der Waals surface area contributed by atoms with E-state index >= 15 is 0 Å². The number of amides is 1. The van der Waals surface area contributed by atoms with Crippen molar-refractivity contribution in [1.82, 2.24) is 19.7 Å². The summed E-state index contributed by atoms with van der Waals surface area (Å²) in [6.07, 6.45) is 4.44. The average molecular weight is 401 g/mol. The van der Waals surface area contributed by atoms with Crippen molar-refractivity contribution in [2.24, 2.45) is 0 Å². The van der Waals surface area contributed by atoms with Gasteiger partial charge in [0, 0.05) is 26.1 Å². The molecule has 0 bridgehead atoms. The Bertz CT molecular complexity index is 955. The summed E-state index contributed by atoms with van der Waals surface area (Å²) in [4.78, 5) is 20.1. The van der Waals surface area contributed by atoms with E-state index in [1.807, 2.05) is 34.2 Å². The number of aromatic nitrogens is 4. The largest absolute Gasteiger partial charge is 0.357 e. The van der Waals surface area contributed by atoms with Gasteiger partial charge in [-0.15, -0.1) is 11.3 Å². The molecule has 140 valence electrons. The van der Waals surface area contributed by atoms with Gasteiger partial charge in [-0.25, -0.2) is 4.98 Å². The lowest BCUT2D eigenvalue weighted by Gasteiger charge is -2.16. The van der Waals surface area contributed by atoms with Gasteiger partial charge in [-0.2, -0.15) is 5.10 Å². The molecule has 1 aliphatic heterocycles. The third-order valence-corrected chi connectivity index (χ3v) is 5.70. The molecule has 1 amide bonds. The molecule has 3 aromatic heterocycles. The molecule has 1 aliphatic rings. The molecule has 27 heavy (non-hydrogen) atoms. The second-order valence-corrected chi connectivity index (χ2v) is 7.71. The van der Waals surface area contributed by atoms with Gasteiger partial charge in [-0.3, -0.25) is 14.5 Å². The number of pyridine rings is 1. The lowest BCUT2D eigenvalue weighted by atomic mass is 10.3. The lowest BCUT2D eigenvalue weighted by molar-refractivity contribution is -0.116. The highest BCUT2D eigenvalue weighted by Crippen LogP contribution is 2.23. The van der Waals surface area contributed by atoms with Crippen LogP contribution in [0.15, 0.2) is 35.8 Å². The van der Waals surface area contributed by atoms with Crippen LogP contribution in [-0.4, -0.2) is 38.7 Å². The van der Waals surface area contributed by atoms with E-state index in [2.05, 4.69) is 25.4 Å². The van der Waals surface area contributed by atoms with Crippen LogP contribution in [0.5, 0.6) is 0 Å². The van der Waals surface area contributed by atoms with Gasteiger partial charge in [-0.1, -0.05) is 6.07 Å². The number of nitrogens with one attached hydrogen (secondary N) is 2. The van der Waals surface area contributed by atoms with E-state index in [0.717, 1.165) is 29.6 Å². The van der Waals surface area contributed by atoms with Crippen LogP contribution >= 0.6 is 23.6 Å². The van der Waals surface area contributed by atoms with Crippen molar-refractivity contribution in [2.45, 2.75) is 25.8 Å². The molecular formula is C18H20N6OS2. The quantitative estimate of drug-likeness (QED) is 0.617. The molecule has 0 unspecified atom stereocenters. The fraction of sp³-hybridized carbons (Fsp3) is 0.333. The molecule has 4 rings (SSSR count). The summed E-state index contributed by atoms with van der Waals surface area (Å²) in [5.41, 5.74) is 0.706. The van der Waals surface area contributed by atoms with Crippen molar-refractivity contribution in [3.63, 3.8) is 0 Å². The SMILES string of the molecule is O=C(CCn1c(-c2cccs2)n[nH]c1=S)Nc1ccc(N2CCCC2)nc1. The van der Waals surface area contributed by atoms with Crippen molar-refractivity contribution < 1.29 is 4.79 Å². The predicted octanol–water partition coefficient (Wildman–Crippen LogP) is 3.69. The van der Waals surface area contributed by atoms with Crippen LogP contribution < -0.4 is 10.2 Å². The summed E-state index contributed by atoms with van der Waals surface area (Å²) in [5.74, 6) is 1.65. The van der Waals surface area contributed by atoms with E-state index in [-0.39, 0.29) is 5.91 Å². The third-order valence-electron chi connectivity index (χ3n) is 4.52. The number of hydrogen-bond acceptors (Lipinski definition) is 6.